The van der Waals surface area contributed by atoms with Crippen molar-refractivity contribution in [3.8, 4) is 10.6 Å². The normalized spacial score (nSPS) is 11.9. The van der Waals surface area contributed by atoms with Gasteiger partial charge in [-0.15, -0.1) is 34.4 Å². The summed E-state index contributed by atoms with van der Waals surface area (Å²) in [4.78, 5) is 45.7. The van der Waals surface area contributed by atoms with Crippen LogP contribution in [0.3, 0.4) is 0 Å². The Morgan fingerprint density at radius 1 is 0.932 bits per heavy atom. The number of rotatable bonds is 11. The van der Waals surface area contributed by atoms with E-state index < -0.39 is 22.9 Å². The second kappa shape index (κ2) is 14.7. The predicted octanol–water partition coefficient (Wildman–Crippen LogP) is 7.93. The van der Waals surface area contributed by atoms with Gasteiger partial charge in [0.15, 0.2) is 5.13 Å². The molecule has 0 aliphatic carbocycles. The van der Waals surface area contributed by atoms with E-state index in [-0.39, 0.29) is 17.2 Å². The van der Waals surface area contributed by atoms with E-state index in [0.29, 0.717) is 22.8 Å². The SMILES string of the molecule is CCC(Sc1cccc(NC(=O)/C(=C/c2ccccc2F)NC(=O)c2ccccc2)c1)C(=O)Nc1nc(-c2cccs2)cs1. The molecular weight excluding hydrogens is 616 g/mol. The summed E-state index contributed by atoms with van der Waals surface area (Å²) in [7, 11) is 0. The van der Waals surface area contributed by atoms with Gasteiger partial charge in [-0.1, -0.05) is 55.5 Å². The topological polar surface area (TPSA) is 100 Å². The van der Waals surface area contributed by atoms with Crippen LogP contribution in [0, 0.1) is 5.82 Å². The van der Waals surface area contributed by atoms with Crippen LogP contribution in [-0.4, -0.2) is 28.0 Å². The first-order chi connectivity index (χ1) is 21.4. The highest BCUT2D eigenvalue weighted by Gasteiger charge is 2.21. The van der Waals surface area contributed by atoms with Crippen molar-refractivity contribution in [1.29, 1.82) is 0 Å². The summed E-state index contributed by atoms with van der Waals surface area (Å²) < 4.78 is 14.4. The Bertz CT molecular complexity index is 1790. The van der Waals surface area contributed by atoms with Crippen LogP contribution in [0.15, 0.2) is 112 Å². The zero-order valence-corrected chi connectivity index (χ0v) is 25.9. The molecule has 0 saturated heterocycles. The van der Waals surface area contributed by atoms with Crippen LogP contribution >= 0.6 is 34.4 Å². The highest BCUT2D eigenvalue weighted by Crippen LogP contribution is 2.31. The third-order valence-corrected chi connectivity index (χ3v) is 9.28. The second-order valence-electron chi connectivity index (χ2n) is 9.40. The van der Waals surface area contributed by atoms with Crippen molar-refractivity contribution in [2.75, 3.05) is 10.6 Å². The van der Waals surface area contributed by atoms with E-state index in [2.05, 4.69) is 20.9 Å². The van der Waals surface area contributed by atoms with Crippen molar-refractivity contribution >= 4 is 69.1 Å². The summed E-state index contributed by atoms with van der Waals surface area (Å²) in [6.07, 6.45) is 1.86. The molecule has 0 bridgehead atoms. The van der Waals surface area contributed by atoms with Crippen LogP contribution < -0.4 is 16.0 Å². The number of anilines is 2. The van der Waals surface area contributed by atoms with Crippen LogP contribution in [0.2, 0.25) is 0 Å². The standard InChI is InChI=1S/C33H27FN4O3S3/c1-2-28(32(41)38-33-37-27(20-43-33)29-16-9-17-42-29)44-24-14-8-13-23(19-24)35-31(40)26(18-22-12-6-7-15-25(22)34)36-30(39)21-10-4-3-5-11-21/h3-20,28H,2H2,1H3,(H,35,40)(H,36,39)(H,37,38,41)/b26-18-. The summed E-state index contributed by atoms with van der Waals surface area (Å²) in [5.74, 6) is -1.84. The fraction of sp³-hybridized carbons (Fsp3) is 0.0909. The summed E-state index contributed by atoms with van der Waals surface area (Å²) in [6, 6.07) is 25.4. The minimum atomic E-state index is -0.630. The van der Waals surface area contributed by atoms with E-state index >= 15 is 0 Å². The van der Waals surface area contributed by atoms with E-state index in [1.807, 2.05) is 35.9 Å². The summed E-state index contributed by atoms with van der Waals surface area (Å²) in [6.45, 7) is 1.93. The van der Waals surface area contributed by atoms with Crippen molar-refractivity contribution in [3.63, 3.8) is 0 Å². The van der Waals surface area contributed by atoms with Gasteiger partial charge in [-0.25, -0.2) is 9.37 Å². The lowest BCUT2D eigenvalue weighted by atomic mass is 10.1. The van der Waals surface area contributed by atoms with E-state index in [1.54, 1.807) is 72.0 Å². The van der Waals surface area contributed by atoms with Gasteiger partial charge < -0.3 is 16.0 Å². The molecule has 5 rings (SSSR count). The molecule has 11 heteroatoms. The molecule has 44 heavy (non-hydrogen) atoms. The van der Waals surface area contributed by atoms with Crippen LogP contribution in [0.1, 0.15) is 29.3 Å². The van der Waals surface area contributed by atoms with Gasteiger partial charge in [0, 0.05) is 27.1 Å². The fourth-order valence-corrected chi connectivity index (χ4v) is 6.56. The maximum atomic E-state index is 14.4. The number of benzene rings is 3. The predicted molar refractivity (Wildman–Crippen MR) is 177 cm³/mol. The summed E-state index contributed by atoms with van der Waals surface area (Å²) >= 11 is 4.33. The Balaban J connectivity index is 1.28. The largest absolute Gasteiger partial charge is 0.321 e. The lowest BCUT2D eigenvalue weighted by Crippen LogP contribution is -2.30. The Labute approximate surface area is 266 Å². The molecular formula is C33H27FN4O3S3. The maximum Gasteiger partial charge on any atom is 0.272 e. The number of halogens is 1. The number of nitrogens with one attached hydrogen (secondary N) is 3. The second-order valence-corrected chi connectivity index (χ2v) is 12.5. The number of hydrogen-bond acceptors (Lipinski definition) is 7. The Morgan fingerprint density at radius 3 is 2.48 bits per heavy atom. The van der Waals surface area contributed by atoms with Crippen molar-refractivity contribution in [1.82, 2.24) is 10.3 Å². The smallest absolute Gasteiger partial charge is 0.272 e. The number of carbonyl (C=O) groups is 3. The van der Waals surface area contributed by atoms with Crippen molar-refractivity contribution in [2.45, 2.75) is 23.5 Å². The number of thiophene rings is 1. The number of aromatic nitrogens is 1. The average molecular weight is 643 g/mol. The first kappa shape index (κ1) is 30.9. The number of nitrogens with zero attached hydrogens (tertiary/aromatic N) is 1. The first-order valence-corrected chi connectivity index (χ1v) is 16.2. The summed E-state index contributed by atoms with van der Waals surface area (Å²) in [5.41, 5.74) is 1.65. The quantitative estimate of drug-likeness (QED) is 0.100. The van der Waals surface area contributed by atoms with Gasteiger partial charge in [0.25, 0.3) is 11.8 Å². The molecule has 7 nitrogen and oxygen atoms in total. The zero-order chi connectivity index (χ0) is 30.9. The molecule has 1 unspecified atom stereocenters. The third kappa shape index (κ3) is 8.07. The van der Waals surface area contributed by atoms with Crippen LogP contribution in [0.5, 0.6) is 0 Å². The Kier molecular flexibility index (Phi) is 10.3. The van der Waals surface area contributed by atoms with Gasteiger partial charge in [-0.3, -0.25) is 14.4 Å². The fourth-order valence-electron chi connectivity index (χ4n) is 4.08. The van der Waals surface area contributed by atoms with Gasteiger partial charge in [0.05, 0.1) is 15.8 Å². The number of amides is 3. The molecule has 0 fully saturated rings. The van der Waals surface area contributed by atoms with Gasteiger partial charge in [-0.2, -0.15) is 0 Å². The van der Waals surface area contributed by atoms with Gasteiger partial charge >= 0.3 is 0 Å². The third-order valence-electron chi connectivity index (χ3n) is 6.28. The highest BCUT2D eigenvalue weighted by molar-refractivity contribution is 8.00. The van der Waals surface area contributed by atoms with E-state index in [0.717, 1.165) is 15.5 Å². The molecule has 0 spiro atoms. The van der Waals surface area contributed by atoms with Crippen molar-refractivity contribution in [2.24, 2.45) is 0 Å². The van der Waals surface area contributed by atoms with E-state index in [9.17, 15) is 18.8 Å². The number of thioether (sulfide) groups is 1. The average Bonchev–Trinajstić information content (AvgIpc) is 3.74. The van der Waals surface area contributed by atoms with Gasteiger partial charge in [0.1, 0.15) is 11.5 Å². The van der Waals surface area contributed by atoms with E-state index in [1.165, 1.54) is 41.3 Å². The molecule has 3 amide bonds. The molecule has 2 heterocycles. The van der Waals surface area contributed by atoms with Gasteiger partial charge in [-0.05, 0) is 60.3 Å². The lowest BCUT2D eigenvalue weighted by molar-refractivity contribution is -0.116. The summed E-state index contributed by atoms with van der Waals surface area (Å²) in [5, 5.41) is 12.3. The molecule has 0 radical (unpaired) electrons. The van der Waals surface area contributed by atoms with Crippen molar-refractivity contribution in [3.05, 3.63) is 124 Å². The number of hydrogen-bond donors (Lipinski definition) is 3. The minimum Gasteiger partial charge on any atom is -0.321 e. The highest BCUT2D eigenvalue weighted by atomic mass is 32.2. The molecule has 0 aliphatic heterocycles. The monoisotopic (exact) mass is 642 g/mol. The van der Waals surface area contributed by atoms with Crippen LogP contribution in [0.25, 0.3) is 16.6 Å². The lowest BCUT2D eigenvalue weighted by Gasteiger charge is -2.15. The Hall–Kier alpha value is -4.58. The maximum absolute atomic E-state index is 14.4. The molecule has 2 aromatic heterocycles. The van der Waals surface area contributed by atoms with Crippen LogP contribution in [-0.2, 0) is 9.59 Å². The number of thiazole rings is 1. The first-order valence-electron chi connectivity index (χ1n) is 13.6. The van der Waals surface area contributed by atoms with E-state index in [4.69, 9.17) is 0 Å². The molecule has 3 aromatic carbocycles. The molecule has 0 saturated carbocycles. The molecule has 222 valence electrons. The minimum absolute atomic E-state index is 0.127. The Morgan fingerprint density at radius 2 is 1.73 bits per heavy atom. The molecule has 0 aliphatic rings. The van der Waals surface area contributed by atoms with Crippen molar-refractivity contribution < 1.29 is 18.8 Å². The zero-order valence-electron chi connectivity index (χ0n) is 23.5. The molecule has 1 atom stereocenters. The number of carbonyl (C=O) groups excluding carboxylic acids is 3. The van der Waals surface area contributed by atoms with Crippen LogP contribution in [0.4, 0.5) is 15.2 Å². The molecule has 5 aromatic rings. The van der Waals surface area contributed by atoms with Gasteiger partial charge in [0.2, 0.25) is 5.91 Å². The molecule has 3 N–H and O–H groups in total.